The molecule has 3 nitrogen and oxygen atoms in total. The van der Waals surface area contributed by atoms with Crippen molar-refractivity contribution < 1.29 is 4.79 Å². The van der Waals surface area contributed by atoms with Crippen molar-refractivity contribution in [1.82, 2.24) is 5.32 Å². The number of amides is 1. The normalized spacial score (nSPS) is 13.3. The topological polar surface area (TPSA) is 52.9 Å². The summed E-state index contributed by atoms with van der Waals surface area (Å²) in [4.78, 5) is 11.6. The molecule has 3 heteroatoms. The van der Waals surface area contributed by atoms with Crippen LogP contribution < -0.4 is 5.32 Å². The lowest BCUT2D eigenvalue weighted by Gasteiger charge is -2.16. The van der Waals surface area contributed by atoms with Crippen LogP contribution >= 0.6 is 0 Å². The van der Waals surface area contributed by atoms with Gasteiger partial charge in [-0.15, -0.1) is 12.3 Å². The molecule has 1 amide bonds. The molecule has 2 unspecified atom stereocenters. The molecule has 0 radical (unpaired) electrons. The van der Waals surface area contributed by atoms with Gasteiger partial charge in [-0.3, -0.25) is 4.79 Å². The molecule has 1 N–H and O–H groups in total. The molecule has 0 heterocycles. The van der Waals surface area contributed by atoms with Crippen molar-refractivity contribution in [2.24, 2.45) is 5.92 Å². The summed E-state index contributed by atoms with van der Waals surface area (Å²) < 4.78 is 0. The van der Waals surface area contributed by atoms with Gasteiger partial charge in [0.2, 0.25) is 5.91 Å². The molecule has 0 saturated heterocycles. The molecule has 0 fully saturated rings. The number of rotatable bonds is 6. The van der Waals surface area contributed by atoms with E-state index in [0.717, 1.165) is 12.8 Å². The minimum atomic E-state index is -0.540. The summed E-state index contributed by atoms with van der Waals surface area (Å²) in [5.41, 5.74) is 0. The summed E-state index contributed by atoms with van der Waals surface area (Å²) in [5, 5.41) is 11.6. The van der Waals surface area contributed by atoms with E-state index >= 15 is 0 Å². The lowest BCUT2D eigenvalue weighted by Crippen LogP contribution is -2.38. The predicted molar refractivity (Wildman–Crippen MR) is 59.7 cm³/mol. The Morgan fingerprint density at radius 3 is 2.60 bits per heavy atom. The number of nitriles is 1. The van der Waals surface area contributed by atoms with E-state index in [1.807, 2.05) is 19.9 Å². The molecule has 15 heavy (non-hydrogen) atoms. The molecular weight excluding hydrogens is 188 g/mol. The van der Waals surface area contributed by atoms with E-state index < -0.39 is 5.92 Å². The van der Waals surface area contributed by atoms with E-state index in [1.165, 1.54) is 0 Å². The van der Waals surface area contributed by atoms with E-state index in [9.17, 15) is 4.79 Å². The molecule has 0 rings (SSSR count). The monoisotopic (exact) mass is 206 g/mol. The lowest BCUT2D eigenvalue weighted by atomic mass is 10.0. The van der Waals surface area contributed by atoms with Gasteiger partial charge in [0.05, 0.1) is 6.07 Å². The molecule has 0 spiro atoms. The number of nitrogens with one attached hydrogen (secondary N) is 1. The van der Waals surface area contributed by atoms with Crippen molar-refractivity contribution in [1.29, 1.82) is 5.26 Å². The maximum atomic E-state index is 11.6. The van der Waals surface area contributed by atoms with Crippen LogP contribution in [0.2, 0.25) is 0 Å². The molecule has 0 aromatic heterocycles. The first-order valence-corrected chi connectivity index (χ1v) is 5.32. The second-order valence-corrected chi connectivity index (χ2v) is 3.49. The minimum Gasteiger partial charge on any atom is -0.351 e. The third-order valence-corrected chi connectivity index (χ3v) is 2.25. The fourth-order valence-corrected chi connectivity index (χ4v) is 1.28. The van der Waals surface area contributed by atoms with Gasteiger partial charge in [0.25, 0.3) is 0 Å². The van der Waals surface area contributed by atoms with E-state index in [4.69, 9.17) is 11.7 Å². The van der Waals surface area contributed by atoms with Crippen LogP contribution in [0.25, 0.3) is 0 Å². The first-order valence-electron chi connectivity index (χ1n) is 5.32. The summed E-state index contributed by atoms with van der Waals surface area (Å²) >= 11 is 0. The van der Waals surface area contributed by atoms with Crippen molar-refractivity contribution in [2.45, 2.75) is 45.6 Å². The molecule has 0 saturated carbocycles. The van der Waals surface area contributed by atoms with E-state index in [1.54, 1.807) is 0 Å². The number of nitrogens with zero attached hydrogens (tertiary/aromatic N) is 1. The summed E-state index contributed by atoms with van der Waals surface area (Å²) in [7, 11) is 0. The van der Waals surface area contributed by atoms with Crippen LogP contribution in [-0.4, -0.2) is 11.9 Å². The van der Waals surface area contributed by atoms with E-state index in [-0.39, 0.29) is 11.9 Å². The van der Waals surface area contributed by atoms with Crippen LogP contribution in [0, 0.1) is 29.6 Å². The van der Waals surface area contributed by atoms with Crippen molar-refractivity contribution in [3.05, 3.63) is 0 Å². The molecule has 0 aliphatic rings. The van der Waals surface area contributed by atoms with Gasteiger partial charge in [0.1, 0.15) is 5.92 Å². The highest BCUT2D eigenvalue weighted by Crippen LogP contribution is 2.06. The third-order valence-electron chi connectivity index (χ3n) is 2.25. The Bertz CT molecular complexity index is 272. The molecule has 0 aliphatic heterocycles. The van der Waals surface area contributed by atoms with Crippen LogP contribution in [0.5, 0.6) is 0 Å². The molecule has 2 atom stereocenters. The average Bonchev–Trinajstić information content (AvgIpc) is 2.24. The number of carbonyl (C=O) groups excluding carboxylic acids is 1. The number of hydrogen-bond acceptors (Lipinski definition) is 2. The SMILES string of the molecule is C#CCC(CC)NC(=O)C(C#N)CCC. The number of hydrogen-bond donors (Lipinski definition) is 1. The Balaban J connectivity index is 4.21. The highest BCUT2D eigenvalue weighted by molar-refractivity contribution is 5.81. The van der Waals surface area contributed by atoms with Crippen LogP contribution in [0.15, 0.2) is 0 Å². The third kappa shape index (κ3) is 5.08. The fourth-order valence-electron chi connectivity index (χ4n) is 1.28. The van der Waals surface area contributed by atoms with Gasteiger partial charge < -0.3 is 5.32 Å². The first-order chi connectivity index (χ1) is 7.19. The zero-order chi connectivity index (χ0) is 11.7. The van der Waals surface area contributed by atoms with Gasteiger partial charge in [-0.25, -0.2) is 0 Å². The summed E-state index contributed by atoms with van der Waals surface area (Å²) in [6, 6.07) is 2.01. The second kappa shape index (κ2) is 7.88. The van der Waals surface area contributed by atoms with Crippen LogP contribution in [0.1, 0.15) is 39.5 Å². The first kappa shape index (κ1) is 13.5. The fraction of sp³-hybridized carbons (Fsp3) is 0.667. The Labute approximate surface area is 91.9 Å². The van der Waals surface area contributed by atoms with Gasteiger partial charge in [-0.05, 0) is 12.8 Å². The number of terminal acetylenes is 1. The minimum absolute atomic E-state index is 0.00444. The average molecular weight is 206 g/mol. The standard InChI is InChI=1S/C12H18N2O/c1-4-7-10(9-13)12(15)14-11(6-3)8-5-2/h2,10-11H,4,6-8H2,1,3H3,(H,14,15). The van der Waals surface area contributed by atoms with Crippen LogP contribution in [-0.2, 0) is 4.79 Å². The quantitative estimate of drug-likeness (QED) is 0.674. The van der Waals surface area contributed by atoms with Crippen LogP contribution in [0.3, 0.4) is 0 Å². The molecular formula is C12H18N2O. The Kier molecular flexibility index (Phi) is 7.10. The lowest BCUT2D eigenvalue weighted by molar-refractivity contribution is -0.124. The number of carbonyl (C=O) groups is 1. The molecule has 0 aromatic rings. The van der Waals surface area contributed by atoms with Crippen molar-refractivity contribution >= 4 is 5.91 Å². The van der Waals surface area contributed by atoms with E-state index in [2.05, 4.69) is 11.2 Å². The summed E-state index contributed by atoms with van der Waals surface area (Å²) in [6.45, 7) is 3.92. The second-order valence-electron chi connectivity index (χ2n) is 3.49. The highest BCUT2D eigenvalue weighted by Gasteiger charge is 2.18. The Morgan fingerprint density at radius 1 is 1.53 bits per heavy atom. The molecule has 0 aromatic carbocycles. The Hall–Kier alpha value is -1.48. The maximum absolute atomic E-state index is 11.6. The smallest absolute Gasteiger partial charge is 0.237 e. The van der Waals surface area contributed by atoms with Gasteiger partial charge >= 0.3 is 0 Å². The predicted octanol–water partition coefficient (Wildman–Crippen LogP) is 1.84. The van der Waals surface area contributed by atoms with Gasteiger partial charge in [-0.2, -0.15) is 5.26 Å². The van der Waals surface area contributed by atoms with E-state index in [0.29, 0.717) is 12.8 Å². The summed E-state index contributed by atoms with van der Waals surface area (Å²) in [5.74, 6) is 1.78. The van der Waals surface area contributed by atoms with Crippen molar-refractivity contribution in [2.75, 3.05) is 0 Å². The highest BCUT2D eigenvalue weighted by atomic mass is 16.1. The van der Waals surface area contributed by atoms with Gasteiger partial charge in [-0.1, -0.05) is 20.3 Å². The molecule has 0 aliphatic carbocycles. The van der Waals surface area contributed by atoms with Crippen LogP contribution in [0.4, 0.5) is 0 Å². The van der Waals surface area contributed by atoms with Gasteiger partial charge in [0, 0.05) is 12.5 Å². The zero-order valence-corrected chi connectivity index (χ0v) is 9.42. The maximum Gasteiger partial charge on any atom is 0.237 e. The van der Waals surface area contributed by atoms with Gasteiger partial charge in [0.15, 0.2) is 0 Å². The van der Waals surface area contributed by atoms with Crippen molar-refractivity contribution in [3.8, 4) is 18.4 Å². The molecule has 82 valence electrons. The summed E-state index contributed by atoms with van der Waals surface area (Å²) in [6.07, 6.45) is 7.93. The molecule has 0 bridgehead atoms. The van der Waals surface area contributed by atoms with Crippen molar-refractivity contribution in [3.63, 3.8) is 0 Å². The Morgan fingerprint density at radius 2 is 2.20 bits per heavy atom. The zero-order valence-electron chi connectivity index (χ0n) is 9.42. The largest absolute Gasteiger partial charge is 0.351 e.